The van der Waals surface area contributed by atoms with Crippen molar-refractivity contribution >= 4 is 29.9 Å². The Balaban J connectivity index is 0.00000200. The van der Waals surface area contributed by atoms with Gasteiger partial charge in [0.1, 0.15) is 0 Å². The van der Waals surface area contributed by atoms with E-state index < -0.39 is 0 Å². The van der Waals surface area contributed by atoms with Crippen molar-refractivity contribution in [3.63, 3.8) is 0 Å². The van der Waals surface area contributed by atoms with Crippen molar-refractivity contribution in [3.8, 4) is 0 Å². The van der Waals surface area contributed by atoms with Gasteiger partial charge in [0.05, 0.1) is 6.04 Å². The standard InChI is InChI=1S/C15H21ClN2O.ClH/c1-11(13-5-3-4-6-14(13)16)18(12-7-8-12)15(19)9-10-17-2;/h3-6,11-12,17H,7-10H2,1-2H3;1H. The minimum absolute atomic E-state index is 0. The Morgan fingerprint density at radius 1 is 1.45 bits per heavy atom. The summed E-state index contributed by atoms with van der Waals surface area (Å²) in [6.07, 6.45) is 2.77. The predicted octanol–water partition coefficient (Wildman–Crippen LogP) is 3.42. The molecule has 1 N–H and O–H groups in total. The first-order chi connectivity index (χ1) is 9.15. The van der Waals surface area contributed by atoms with Gasteiger partial charge in [-0.1, -0.05) is 29.8 Å². The molecule has 0 spiro atoms. The molecule has 1 aliphatic rings. The summed E-state index contributed by atoms with van der Waals surface area (Å²) in [5.41, 5.74) is 1.04. The van der Waals surface area contributed by atoms with E-state index in [-0.39, 0.29) is 24.4 Å². The van der Waals surface area contributed by atoms with E-state index >= 15 is 0 Å². The second-order valence-corrected chi connectivity index (χ2v) is 5.49. The molecule has 1 fully saturated rings. The highest BCUT2D eigenvalue weighted by atomic mass is 35.5. The number of carbonyl (C=O) groups is 1. The van der Waals surface area contributed by atoms with Gasteiger partial charge in [0.25, 0.3) is 0 Å². The Bertz CT molecular complexity index is 449. The van der Waals surface area contributed by atoms with Gasteiger partial charge in [-0.05, 0) is 38.4 Å². The van der Waals surface area contributed by atoms with Gasteiger partial charge >= 0.3 is 0 Å². The number of carbonyl (C=O) groups excluding carboxylic acids is 1. The maximum Gasteiger partial charge on any atom is 0.224 e. The molecule has 0 saturated heterocycles. The lowest BCUT2D eigenvalue weighted by molar-refractivity contribution is -0.133. The number of amides is 1. The van der Waals surface area contributed by atoms with Crippen LogP contribution < -0.4 is 5.32 Å². The van der Waals surface area contributed by atoms with Crippen LogP contribution >= 0.6 is 24.0 Å². The molecule has 1 saturated carbocycles. The molecular formula is C15H22Cl2N2O. The van der Waals surface area contributed by atoms with Gasteiger partial charge in [-0.2, -0.15) is 0 Å². The highest BCUT2D eigenvalue weighted by Crippen LogP contribution is 2.36. The van der Waals surface area contributed by atoms with Gasteiger partial charge in [0, 0.05) is 24.0 Å². The zero-order valence-corrected chi connectivity index (χ0v) is 13.5. The van der Waals surface area contributed by atoms with Crippen molar-refractivity contribution in [2.75, 3.05) is 13.6 Å². The minimum atomic E-state index is 0. The van der Waals surface area contributed by atoms with Gasteiger partial charge in [-0.15, -0.1) is 12.4 Å². The molecule has 1 aromatic carbocycles. The lowest BCUT2D eigenvalue weighted by Crippen LogP contribution is -2.37. The summed E-state index contributed by atoms with van der Waals surface area (Å²) in [5.74, 6) is 0.212. The minimum Gasteiger partial charge on any atom is -0.333 e. The summed E-state index contributed by atoms with van der Waals surface area (Å²) in [5, 5.41) is 3.77. The van der Waals surface area contributed by atoms with Crippen LogP contribution in [-0.2, 0) is 4.79 Å². The first-order valence-corrected chi connectivity index (χ1v) is 7.23. The lowest BCUT2D eigenvalue weighted by Gasteiger charge is -2.30. The number of hydrogen-bond donors (Lipinski definition) is 1. The van der Waals surface area contributed by atoms with E-state index in [1.165, 1.54) is 0 Å². The smallest absolute Gasteiger partial charge is 0.224 e. The third kappa shape index (κ3) is 4.11. The van der Waals surface area contributed by atoms with Crippen LogP contribution in [0, 0.1) is 0 Å². The van der Waals surface area contributed by atoms with Gasteiger partial charge in [-0.3, -0.25) is 4.79 Å². The van der Waals surface area contributed by atoms with E-state index in [1.54, 1.807) is 0 Å². The largest absolute Gasteiger partial charge is 0.333 e. The van der Waals surface area contributed by atoms with Crippen molar-refractivity contribution in [2.45, 2.75) is 38.3 Å². The molecule has 0 aliphatic heterocycles. The summed E-state index contributed by atoms with van der Waals surface area (Å²) >= 11 is 6.25. The second kappa shape index (κ2) is 7.87. The predicted molar refractivity (Wildman–Crippen MR) is 85.5 cm³/mol. The quantitative estimate of drug-likeness (QED) is 0.872. The first-order valence-electron chi connectivity index (χ1n) is 6.85. The van der Waals surface area contributed by atoms with Gasteiger partial charge in [-0.25, -0.2) is 0 Å². The number of nitrogens with zero attached hydrogens (tertiary/aromatic N) is 1. The topological polar surface area (TPSA) is 32.3 Å². The molecule has 0 aromatic heterocycles. The van der Waals surface area contributed by atoms with Crippen molar-refractivity contribution in [1.29, 1.82) is 0 Å². The molecule has 0 heterocycles. The van der Waals surface area contributed by atoms with Gasteiger partial charge < -0.3 is 10.2 Å². The summed E-state index contributed by atoms with van der Waals surface area (Å²) in [7, 11) is 1.87. The van der Waals surface area contributed by atoms with Crippen LogP contribution in [0.25, 0.3) is 0 Å². The average molecular weight is 317 g/mol. The summed E-state index contributed by atoms with van der Waals surface area (Å²) in [6, 6.07) is 8.23. The molecule has 1 unspecified atom stereocenters. The van der Waals surface area contributed by atoms with E-state index in [1.807, 2.05) is 36.2 Å². The fourth-order valence-corrected chi connectivity index (χ4v) is 2.71. The summed E-state index contributed by atoms with van der Waals surface area (Å²) in [6.45, 7) is 2.79. The third-order valence-corrected chi connectivity index (χ3v) is 3.93. The number of rotatable bonds is 6. The van der Waals surface area contributed by atoms with E-state index in [9.17, 15) is 4.79 Å². The van der Waals surface area contributed by atoms with Crippen LogP contribution in [0.2, 0.25) is 5.02 Å². The first kappa shape index (κ1) is 17.3. The zero-order chi connectivity index (χ0) is 13.8. The molecule has 5 heteroatoms. The van der Waals surface area contributed by atoms with Crippen LogP contribution in [0.1, 0.15) is 37.8 Å². The maximum absolute atomic E-state index is 12.4. The molecule has 3 nitrogen and oxygen atoms in total. The van der Waals surface area contributed by atoms with Crippen LogP contribution in [0.3, 0.4) is 0 Å². The molecule has 1 atom stereocenters. The van der Waals surface area contributed by atoms with Crippen LogP contribution in [0.5, 0.6) is 0 Å². The van der Waals surface area contributed by atoms with Crippen molar-refractivity contribution < 1.29 is 4.79 Å². The zero-order valence-electron chi connectivity index (χ0n) is 11.9. The van der Waals surface area contributed by atoms with E-state index in [4.69, 9.17) is 11.6 Å². The number of halogens is 2. The molecule has 20 heavy (non-hydrogen) atoms. The Kier molecular flexibility index (Phi) is 6.80. The van der Waals surface area contributed by atoms with E-state index in [0.717, 1.165) is 30.0 Å². The Hall–Kier alpha value is -0.770. The van der Waals surface area contributed by atoms with E-state index in [0.29, 0.717) is 12.5 Å². The Labute approximate surface area is 132 Å². The lowest BCUT2D eigenvalue weighted by atomic mass is 10.1. The van der Waals surface area contributed by atoms with Crippen LogP contribution in [0.4, 0.5) is 0 Å². The molecule has 2 rings (SSSR count). The maximum atomic E-state index is 12.4. The second-order valence-electron chi connectivity index (χ2n) is 5.08. The Morgan fingerprint density at radius 2 is 2.10 bits per heavy atom. The number of hydrogen-bond acceptors (Lipinski definition) is 2. The SMILES string of the molecule is CNCCC(=O)N(C1CC1)C(C)c1ccccc1Cl.Cl. The van der Waals surface area contributed by atoms with Crippen molar-refractivity contribution in [3.05, 3.63) is 34.9 Å². The summed E-state index contributed by atoms with van der Waals surface area (Å²) < 4.78 is 0. The van der Waals surface area contributed by atoms with Gasteiger partial charge in [0.2, 0.25) is 5.91 Å². The van der Waals surface area contributed by atoms with Gasteiger partial charge in [0.15, 0.2) is 0 Å². The fourth-order valence-electron chi connectivity index (χ4n) is 2.41. The van der Waals surface area contributed by atoms with E-state index in [2.05, 4.69) is 12.2 Å². The average Bonchev–Trinajstić information content (AvgIpc) is 3.21. The number of nitrogens with one attached hydrogen (secondary N) is 1. The normalized spacial score (nSPS) is 15.3. The molecule has 1 aliphatic carbocycles. The fraction of sp³-hybridized carbons (Fsp3) is 0.533. The molecule has 112 valence electrons. The van der Waals surface area contributed by atoms with Crippen molar-refractivity contribution in [2.24, 2.45) is 0 Å². The third-order valence-electron chi connectivity index (χ3n) is 3.59. The highest BCUT2D eigenvalue weighted by Gasteiger charge is 2.36. The number of benzene rings is 1. The Morgan fingerprint density at radius 3 is 2.65 bits per heavy atom. The van der Waals surface area contributed by atoms with Crippen LogP contribution in [0.15, 0.2) is 24.3 Å². The molecule has 1 amide bonds. The summed E-state index contributed by atoms with van der Waals surface area (Å²) in [4.78, 5) is 14.4. The molecule has 0 bridgehead atoms. The van der Waals surface area contributed by atoms with Crippen molar-refractivity contribution in [1.82, 2.24) is 10.2 Å². The van der Waals surface area contributed by atoms with Crippen LogP contribution in [-0.4, -0.2) is 30.4 Å². The molecular weight excluding hydrogens is 295 g/mol. The monoisotopic (exact) mass is 316 g/mol. The molecule has 0 radical (unpaired) electrons. The molecule has 1 aromatic rings. The highest BCUT2D eigenvalue weighted by molar-refractivity contribution is 6.31.